The van der Waals surface area contributed by atoms with Gasteiger partial charge in [0.15, 0.2) is 0 Å². The maximum atomic E-state index is 11.7. The summed E-state index contributed by atoms with van der Waals surface area (Å²) in [6, 6.07) is 0. The number of carbonyl (C=O) groups excluding carboxylic acids is 1. The Bertz CT molecular complexity index is 235. The molecule has 0 radical (unpaired) electrons. The summed E-state index contributed by atoms with van der Waals surface area (Å²) in [4.78, 5) is 11.7. The largest absolute Gasteiger partial charge is 0.373 e. The standard InChI is InChI=1S/C11H20ClNO2/c1-10(2,7-12)9(14)13-8-11(3)5-4-6-15-11/h4-8H2,1-3H3,(H,13,14). The first-order valence-corrected chi connectivity index (χ1v) is 5.91. The van der Waals surface area contributed by atoms with Crippen molar-refractivity contribution in [2.45, 2.75) is 39.2 Å². The van der Waals surface area contributed by atoms with E-state index < -0.39 is 5.41 Å². The van der Waals surface area contributed by atoms with E-state index in [-0.39, 0.29) is 11.5 Å². The zero-order valence-electron chi connectivity index (χ0n) is 9.73. The fraction of sp³-hybridized carbons (Fsp3) is 0.909. The zero-order chi connectivity index (χ0) is 11.5. The van der Waals surface area contributed by atoms with Gasteiger partial charge in [0.25, 0.3) is 0 Å². The van der Waals surface area contributed by atoms with Gasteiger partial charge in [-0.25, -0.2) is 0 Å². The molecule has 88 valence electrons. The molecular weight excluding hydrogens is 214 g/mol. The molecule has 1 heterocycles. The maximum Gasteiger partial charge on any atom is 0.226 e. The van der Waals surface area contributed by atoms with Gasteiger partial charge in [-0.3, -0.25) is 4.79 Å². The Morgan fingerprint density at radius 3 is 2.73 bits per heavy atom. The molecule has 0 aromatic rings. The van der Waals surface area contributed by atoms with Gasteiger partial charge >= 0.3 is 0 Å². The average molecular weight is 234 g/mol. The molecule has 1 rings (SSSR count). The van der Waals surface area contributed by atoms with Crippen LogP contribution in [0.15, 0.2) is 0 Å². The second kappa shape index (κ2) is 4.71. The fourth-order valence-corrected chi connectivity index (χ4v) is 1.66. The number of carbonyl (C=O) groups is 1. The summed E-state index contributed by atoms with van der Waals surface area (Å²) in [6.07, 6.45) is 2.08. The zero-order valence-corrected chi connectivity index (χ0v) is 10.5. The van der Waals surface area contributed by atoms with Crippen LogP contribution in [0.1, 0.15) is 33.6 Å². The maximum absolute atomic E-state index is 11.7. The van der Waals surface area contributed by atoms with Crippen molar-refractivity contribution in [3.63, 3.8) is 0 Å². The molecule has 0 bridgehead atoms. The quantitative estimate of drug-likeness (QED) is 0.754. The Balaban J connectivity index is 2.40. The van der Waals surface area contributed by atoms with Crippen molar-refractivity contribution >= 4 is 17.5 Å². The van der Waals surface area contributed by atoms with Crippen molar-refractivity contribution in [3.8, 4) is 0 Å². The molecular formula is C11H20ClNO2. The third-order valence-electron chi connectivity index (χ3n) is 2.87. The summed E-state index contributed by atoms with van der Waals surface area (Å²) >= 11 is 5.73. The van der Waals surface area contributed by atoms with Crippen molar-refractivity contribution in [1.29, 1.82) is 0 Å². The van der Waals surface area contributed by atoms with E-state index in [0.29, 0.717) is 12.4 Å². The number of ether oxygens (including phenoxy) is 1. The Hall–Kier alpha value is -0.280. The van der Waals surface area contributed by atoms with E-state index in [1.54, 1.807) is 0 Å². The second-order valence-electron chi connectivity index (χ2n) is 5.10. The molecule has 1 amide bonds. The highest BCUT2D eigenvalue weighted by Crippen LogP contribution is 2.24. The van der Waals surface area contributed by atoms with Gasteiger partial charge in [0.1, 0.15) is 0 Å². The summed E-state index contributed by atoms with van der Waals surface area (Å²) < 4.78 is 5.59. The highest BCUT2D eigenvalue weighted by atomic mass is 35.5. The minimum Gasteiger partial charge on any atom is -0.373 e. The van der Waals surface area contributed by atoms with E-state index in [2.05, 4.69) is 5.32 Å². The molecule has 1 unspecified atom stereocenters. The average Bonchev–Trinajstić information content (AvgIpc) is 2.62. The van der Waals surface area contributed by atoms with Crippen molar-refractivity contribution in [1.82, 2.24) is 5.32 Å². The predicted octanol–water partition coefficient (Wildman–Crippen LogP) is 1.94. The number of hydrogen-bond donors (Lipinski definition) is 1. The Kier molecular flexibility index (Phi) is 4.01. The number of alkyl halides is 1. The lowest BCUT2D eigenvalue weighted by atomic mass is 9.94. The van der Waals surface area contributed by atoms with Crippen LogP contribution >= 0.6 is 11.6 Å². The summed E-state index contributed by atoms with van der Waals surface area (Å²) in [5.74, 6) is 0.324. The molecule has 0 saturated carbocycles. The number of hydrogen-bond acceptors (Lipinski definition) is 2. The molecule has 1 saturated heterocycles. The lowest BCUT2D eigenvalue weighted by molar-refractivity contribution is -0.129. The number of rotatable bonds is 4. The van der Waals surface area contributed by atoms with Crippen LogP contribution in [-0.2, 0) is 9.53 Å². The molecule has 15 heavy (non-hydrogen) atoms. The van der Waals surface area contributed by atoms with Crippen LogP contribution in [0.4, 0.5) is 0 Å². The molecule has 1 fully saturated rings. The van der Waals surface area contributed by atoms with Gasteiger partial charge < -0.3 is 10.1 Å². The van der Waals surface area contributed by atoms with Crippen molar-refractivity contribution in [2.75, 3.05) is 19.0 Å². The molecule has 0 aliphatic carbocycles. The highest BCUT2D eigenvalue weighted by molar-refractivity contribution is 6.19. The highest BCUT2D eigenvalue weighted by Gasteiger charge is 2.33. The van der Waals surface area contributed by atoms with E-state index in [1.165, 1.54) is 0 Å². The Morgan fingerprint density at radius 1 is 1.60 bits per heavy atom. The monoisotopic (exact) mass is 233 g/mol. The molecule has 3 nitrogen and oxygen atoms in total. The molecule has 0 aromatic heterocycles. The number of nitrogens with one attached hydrogen (secondary N) is 1. The normalized spacial score (nSPS) is 26.7. The van der Waals surface area contributed by atoms with Gasteiger partial charge in [0, 0.05) is 19.0 Å². The molecule has 1 aliphatic rings. The van der Waals surface area contributed by atoms with E-state index in [9.17, 15) is 4.79 Å². The minimum atomic E-state index is -0.503. The molecule has 1 atom stereocenters. The first-order valence-electron chi connectivity index (χ1n) is 5.38. The summed E-state index contributed by atoms with van der Waals surface area (Å²) in [7, 11) is 0. The number of halogens is 1. The predicted molar refractivity (Wildman–Crippen MR) is 61.1 cm³/mol. The van der Waals surface area contributed by atoms with Gasteiger partial charge in [0.05, 0.1) is 11.0 Å². The van der Waals surface area contributed by atoms with Gasteiger partial charge in [-0.05, 0) is 33.6 Å². The van der Waals surface area contributed by atoms with Crippen molar-refractivity contribution in [3.05, 3.63) is 0 Å². The third kappa shape index (κ3) is 3.35. The van der Waals surface area contributed by atoms with E-state index in [4.69, 9.17) is 16.3 Å². The minimum absolute atomic E-state index is 0.00535. The lowest BCUT2D eigenvalue weighted by Crippen LogP contribution is -2.45. The van der Waals surface area contributed by atoms with Crippen LogP contribution in [0, 0.1) is 5.41 Å². The van der Waals surface area contributed by atoms with E-state index in [0.717, 1.165) is 19.4 Å². The molecule has 1 N–H and O–H groups in total. The van der Waals surface area contributed by atoms with Gasteiger partial charge in [-0.15, -0.1) is 11.6 Å². The van der Waals surface area contributed by atoms with Crippen molar-refractivity contribution < 1.29 is 9.53 Å². The van der Waals surface area contributed by atoms with Gasteiger partial charge in [-0.1, -0.05) is 0 Å². The van der Waals surface area contributed by atoms with Crippen LogP contribution < -0.4 is 5.32 Å². The van der Waals surface area contributed by atoms with Crippen LogP contribution in [0.25, 0.3) is 0 Å². The number of amides is 1. The second-order valence-corrected chi connectivity index (χ2v) is 5.37. The summed E-state index contributed by atoms with van der Waals surface area (Å²) in [5, 5.41) is 2.91. The fourth-order valence-electron chi connectivity index (χ4n) is 1.54. The van der Waals surface area contributed by atoms with Crippen LogP contribution in [0.2, 0.25) is 0 Å². The first kappa shape index (κ1) is 12.8. The lowest BCUT2D eigenvalue weighted by Gasteiger charge is -2.27. The van der Waals surface area contributed by atoms with Crippen LogP contribution in [0.5, 0.6) is 0 Å². The summed E-state index contributed by atoms with van der Waals surface area (Å²) in [6.45, 7) is 7.09. The SMILES string of the molecule is CC1(CNC(=O)C(C)(C)CCl)CCCO1. The smallest absolute Gasteiger partial charge is 0.226 e. The van der Waals surface area contributed by atoms with Crippen LogP contribution in [0.3, 0.4) is 0 Å². The first-order chi connectivity index (χ1) is 6.90. The van der Waals surface area contributed by atoms with Gasteiger partial charge in [-0.2, -0.15) is 0 Å². The van der Waals surface area contributed by atoms with E-state index >= 15 is 0 Å². The third-order valence-corrected chi connectivity index (χ3v) is 3.54. The molecule has 0 spiro atoms. The van der Waals surface area contributed by atoms with Crippen LogP contribution in [-0.4, -0.2) is 30.5 Å². The molecule has 1 aliphatic heterocycles. The molecule has 4 heteroatoms. The Labute approximate surface area is 96.5 Å². The van der Waals surface area contributed by atoms with E-state index in [1.807, 2.05) is 20.8 Å². The molecule has 0 aromatic carbocycles. The summed E-state index contributed by atoms with van der Waals surface area (Å²) in [5.41, 5.74) is -0.686. The van der Waals surface area contributed by atoms with Gasteiger partial charge in [0.2, 0.25) is 5.91 Å². The topological polar surface area (TPSA) is 38.3 Å². The Morgan fingerprint density at radius 2 is 2.27 bits per heavy atom. The van der Waals surface area contributed by atoms with Crippen molar-refractivity contribution in [2.24, 2.45) is 5.41 Å².